The van der Waals surface area contributed by atoms with Gasteiger partial charge in [-0.3, -0.25) is 0 Å². The smallest absolute Gasteiger partial charge is 0.252 e. The molecule has 4 aromatic heterocycles. The lowest BCUT2D eigenvalue weighted by molar-refractivity contribution is 0.668. The van der Waals surface area contributed by atoms with Crippen LogP contribution in [0.2, 0.25) is 0 Å². The van der Waals surface area contributed by atoms with E-state index in [1.807, 2.05) is 12.1 Å². The number of furan rings is 2. The summed E-state index contributed by atoms with van der Waals surface area (Å²) in [6.07, 6.45) is 0. The highest BCUT2D eigenvalue weighted by Gasteiger charge is 2.44. The molecule has 0 saturated heterocycles. The molecule has 2 aliphatic rings. The molecule has 0 radical (unpaired) electrons. The van der Waals surface area contributed by atoms with Gasteiger partial charge >= 0.3 is 0 Å². The number of anilines is 6. The van der Waals surface area contributed by atoms with Gasteiger partial charge < -0.3 is 27.8 Å². The molecule has 0 N–H and O–H groups in total. The number of aromatic nitrogens is 2. The zero-order valence-electron chi connectivity index (χ0n) is 45.8. The second-order valence-corrected chi connectivity index (χ2v) is 22.7. The Hall–Kier alpha value is -11.3. The third-order valence-corrected chi connectivity index (χ3v) is 18.3. The minimum absolute atomic E-state index is 0.148. The Balaban J connectivity index is 0.897. The highest BCUT2D eigenvalue weighted by molar-refractivity contribution is 7.00. The van der Waals surface area contributed by atoms with Crippen molar-refractivity contribution in [1.29, 1.82) is 0 Å². The molecule has 0 spiro atoms. The third kappa shape index (κ3) is 6.60. The molecule has 0 atom stereocenters. The predicted octanol–water partition coefficient (Wildman–Crippen LogP) is 19.1. The van der Waals surface area contributed by atoms with Crippen LogP contribution >= 0.6 is 0 Å². The van der Waals surface area contributed by atoms with E-state index in [2.05, 4.69) is 292 Å². The molecule has 6 heterocycles. The van der Waals surface area contributed by atoms with Crippen LogP contribution in [0.5, 0.6) is 0 Å². The minimum Gasteiger partial charge on any atom is -0.456 e. The zero-order chi connectivity index (χ0) is 55.4. The predicted molar refractivity (Wildman–Crippen MR) is 355 cm³/mol. The summed E-state index contributed by atoms with van der Waals surface area (Å²) >= 11 is 0. The summed E-state index contributed by atoms with van der Waals surface area (Å²) in [6, 6.07) is 105. The second kappa shape index (κ2) is 17.6. The number of benzene rings is 13. The zero-order valence-corrected chi connectivity index (χ0v) is 45.8. The SMILES string of the molecule is c1ccc(N2c3cc(-n4c5ccccc5c5ccccc54)ccc3B3c4ccc(-n5c6ccccc6c6ccccc65)cc4N(c4ccccc4-c4ccc5oc6ccccc6c5c4)c4cccc2c43)c(-c2ccc3oc4ccccc4c3c2)c1. The van der Waals surface area contributed by atoms with Crippen LogP contribution in [0.1, 0.15) is 0 Å². The van der Waals surface area contributed by atoms with E-state index in [9.17, 15) is 0 Å². The Labute approximate surface area is 488 Å². The lowest BCUT2D eigenvalue weighted by Gasteiger charge is -2.45. The number of hydrogen-bond donors (Lipinski definition) is 0. The van der Waals surface area contributed by atoms with E-state index in [1.54, 1.807) is 0 Å². The minimum atomic E-state index is -0.148. The molecule has 13 aromatic carbocycles. The molecule has 0 fully saturated rings. The first-order valence-corrected chi connectivity index (χ1v) is 29.2. The van der Waals surface area contributed by atoms with Gasteiger partial charge in [0.05, 0.1) is 33.4 Å². The second-order valence-electron chi connectivity index (χ2n) is 22.7. The van der Waals surface area contributed by atoms with E-state index in [4.69, 9.17) is 8.83 Å². The first-order chi connectivity index (χ1) is 42.2. The summed E-state index contributed by atoms with van der Waals surface area (Å²) < 4.78 is 17.8. The standard InChI is InChI=1S/C78H47BN4O2/c1-9-26-64(52(18-1)48-36-42-76-60(44-48)58-24-7-15-34-74(58)84-76)82-70-32-17-33-71-78(70)79(62-40-38-50(46-72(62)82)80-66-28-11-3-20-54(66)55-21-4-12-29-67(55)80)63-41-39-51(81-68-30-13-5-22-56(68)57-23-6-14-31-69(57)81)47-73(63)83(71)65-27-10-2-19-53(65)49-37-43-77-61(45-49)59-25-8-16-35-75(59)85-77/h1-47H. The van der Waals surface area contributed by atoms with Gasteiger partial charge in [0.15, 0.2) is 0 Å². The molecule has 0 unspecified atom stereocenters. The van der Waals surface area contributed by atoms with Gasteiger partial charge in [0.2, 0.25) is 0 Å². The monoisotopic (exact) mass is 1080 g/mol. The fraction of sp³-hybridized carbons (Fsp3) is 0. The van der Waals surface area contributed by atoms with E-state index >= 15 is 0 Å². The third-order valence-electron chi connectivity index (χ3n) is 18.3. The average molecular weight is 1080 g/mol. The molecule has 0 amide bonds. The summed E-state index contributed by atoms with van der Waals surface area (Å²) in [4.78, 5) is 5.13. The molecular weight excluding hydrogens is 1040 g/mol. The van der Waals surface area contributed by atoms with Crippen molar-refractivity contribution in [3.05, 3.63) is 285 Å². The average Bonchev–Trinajstić information content (AvgIpc) is 1.76. The van der Waals surface area contributed by atoms with Crippen molar-refractivity contribution in [1.82, 2.24) is 9.13 Å². The van der Waals surface area contributed by atoms with Gasteiger partial charge in [0.25, 0.3) is 6.71 Å². The Morgan fingerprint density at radius 1 is 0.247 bits per heavy atom. The maximum absolute atomic E-state index is 6.42. The molecule has 19 rings (SSSR count). The van der Waals surface area contributed by atoms with Crippen molar-refractivity contribution in [3.8, 4) is 33.6 Å². The van der Waals surface area contributed by atoms with Crippen LogP contribution in [0.15, 0.2) is 294 Å². The quantitative estimate of drug-likeness (QED) is 0.156. The maximum atomic E-state index is 6.42. The van der Waals surface area contributed by atoms with Crippen molar-refractivity contribution >= 4 is 145 Å². The molecular formula is C78H47BN4O2. The van der Waals surface area contributed by atoms with Crippen LogP contribution in [-0.2, 0) is 0 Å². The van der Waals surface area contributed by atoms with Crippen LogP contribution in [0.25, 0.3) is 121 Å². The Morgan fingerprint density at radius 3 is 1.04 bits per heavy atom. The van der Waals surface area contributed by atoms with Crippen LogP contribution in [-0.4, -0.2) is 15.8 Å². The number of para-hydroxylation sites is 8. The van der Waals surface area contributed by atoms with Gasteiger partial charge in [0, 0.05) is 88.3 Å². The highest BCUT2D eigenvalue weighted by Crippen LogP contribution is 2.50. The molecule has 0 saturated carbocycles. The molecule has 394 valence electrons. The van der Waals surface area contributed by atoms with Gasteiger partial charge in [-0.1, -0.05) is 176 Å². The molecule has 7 heteroatoms. The van der Waals surface area contributed by atoms with E-state index in [0.717, 1.165) is 112 Å². The lowest BCUT2D eigenvalue weighted by Crippen LogP contribution is -2.61. The molecule has 2 aliphatic heterocycles. The van der Waals surface area contributed by atoms with Crippen molar-refractivity contribution in [2.24, 2.45) is 0 Å². The molecule has 85 heavy (non-hydrogen) atoms. The van der Waals surface area contributed by atoms with Crippen molar-refractivity contribution in [2.75, 3.05) is 9.80 Å². The van der Waals surface area contributed by atoms with Gasteiger partial charge in [-0.25, -0.2) is 0 Å². The first kappa shape index (κ1) is 46.3. The van der Waals surface area contributed by atoms with Crippen molar-refractivity contribution in [3.63, 3.8) is 0 Å². The number of hydrogen-bond acceptors (Lipinski definition) is 4. The van der Waals surface area contributed by atoms with Crippen molar-refractivity contribution < 1.29 is 8.83 Å². The van der Waals surface area contributed by atoms with Crippen LogP contribution in [0.4, 0.5) is 34.1 Å². The van der Waals surface area contributed by atoms with E-state index < -0.39 is 0 Å². The molecule has 0 aliphatic carbocycles. The summed E-state index contributed by atoms with van der Waals surface area (Å²) in [6.45, 7) is -0.148. The van der Waals surface area contributed by atoms with Crippen molar-refractivity contribution in [2.45, 2.75) is 0 Å². The summed E-state index contributed by atoms with van der Waals surface area (Å²) in [5.41, 5.74) is 25.3. The van der Waals surface area contributed by atoms with E-state index in [0.29, 0.717) is 0 Å². The van der Waals surface area contributed by atoms with E-state index in [-0.39, 0.29) is 6.71 Å². The number of fused-ring (bicyclic) bond motifs is 16. The van der Waals surface area contributed by atoms with Crippen LogP contribution < -0.4 is 26.2 Å². The van der Waals surface area contributed by atoms with Gasteiger partial charge in [-0.15, -0.1) is 0 Å². The Kier molecular flexibility index (Phi) is 9.61. The fourth-order valence-electron chi connectivity index (χ4n) is 14.7. The highest BCUT2D eigenvalue weighted by atomic mass is 16.3. The Morgan fingerprint density at radius 2 is 0.600 bits per heavy atom. The largest absolute Gasteiger partial charge is 0.456 e. The fourth-order valence-corrected chi connectivity index (χ4v) is 14.7. The number of nitrogens with zero attached hydrogens (tertiary/aromatic N) is 4. The number of rotatable bonds is 6. The van der Waals surface area contributed by atoms with E-state index in [1.165, 1.54) is 60.0 Å². The van der Waals surface area contributed by atoms with Gasteiger partial charge in [-0.2, -0.15) is 0 Å². The first-order valence-electron chi connectivity index (χ1n) is 29.2. The normalized spacial score (nSPS) is 12.9. The molecule has 6 nitrogen and oxygen atoms in total. The summed E-state index contributed by atoms with van der Waals surface area (Å²) in [5.74, 6) is 0. The molecule has 0 bridgehead atoms. The lowest BCUT2D eigenvalue weighted by atomic mass is 9.33. The van der Waals surface area contributed by atoms with Gasteiger partial charge in [-0.05, 0) is 137 Å². The summed E-state index contributed by atoms with van der Waals surface area (Å²) in [5, 5.41) is 9.33. The topological polar surface area (TPSA) is 42.6 Å². The van der Waals surface area contributed by atoms with Crippen LogP contribution in [0.3, 0.4) is 0 Å². The summed E-state index contributed by atoms with van der Waals surface area (Å²) in [7, 11) is 0. The van der Waals surface area contributed by atoms with Crippen LogP contribution in [0, 0.1) is 0 Å². The molecule has 17 aromatic rings. The van der Waals surface area contributed by atoms with Gasteiger partial charge in [0.1, 0.15) is 22.3 Å². The Bertz CT molecular complexity index is 5230. The maximum Gasteiger partial charge on any atom is 0.252 e.